The Morgan fingerprint density at radius 1 is 1.62 bits per heavy atom. The Hall–Kier alpha value is -1.19. The third-order valence-electron chi connectivity index (χ3n) is 2.73. The van der Waals surface area contributed by atoms with Crippen LogP contribution in [0.2, 0.25) is 0 Å². The summed E-state index contributed by atoms with van der Waals surface area (Å²) in [6.07, 6.45) is 6.02. The molecular formula is C13H16N2S. The highest BCUT2D eigenvalue weighted by Crippen LogP contribution is 2.24. The van der Waals surface area contributed by atoms with E-state index >= 15 is 0 Å². The van der Waals surface area contributed by atoms with E-state index in [-0.39, 0.29) is 0 Å². The molecule has 0 aliphatic rings. The first kappa shape index (κ1) is 11.3. The second-order valence-electron chi connectivity index (χ2n) is 3.78. The van der Waals surface area contributed by atoms with Crippen molar-refractivity contribution < 1.29 is 0 Å². The van der Waals surface area contributed by atoms with Gasteiger partial charge in [0.25, 0.3) is 0 Å². The Morgan fingerprint density at radius 2 is 2.50 bits per heavy atom. The maximum absolute atomic E-state index is 4.46. The van der Waals surface area contributed by atoms with Crippen LogP contribution in [0.5, 0.6) is 0 Å². The second kappa shape index (κ2) is 5.23. The molecule has 2 heterocycles. The topological polar surface area (TPSA) is 24.9 Å². The van der Waals surface area contributed by atoms with Crippen LogP contribution in [0.3, 0.4) is 0 Å². The summed E-state index contributed by atoms with van der Waals surface area (Å²) >= 11 is 1.74. The molecule has 0 aliphatic carbocycles. The number of allylic oxidation sites excluding steroid dienone is 1. The Labute approximate surface area is 100 Å². The number of hydrogen-bond acceptors (Lipinski definition) is 3. The van der Waals surface area contributed by atoms with Gasteiger partial charge in [0, 0.05) is 12.2 Å². The van der Waals surface area contributed by atoms with Gasteiger partial charge in [-0.3, -0.25) is 4.98 Å². The molecule has 0 radical (unpaired) electrons. The zero-order valence-corrected chi connectivity index (χ0v) is 10.3. The van der Waals surface area contributed by atoms with E-state index < -0.39 is 0 Å². The maximum Gasteiger partial charge on any atom is 0.0809 e. The number of hydrogen-bond donors (Lipinski definition) is 1. The lowest BCUT2D eigenvalue weighted by atomic mass is 10.0. The molecule has 3 heteroatoms. The van der Waals surface area contributed by atoms with Crippen LogP contribution in [0, 0.1) is 0 Å². The molecule has 0 bridgehead atoms. The van der Waals surface area contributed by atoms with Crippen LogP contribution in [-0.4, -0.2) is 12.0 Å². The quantitative estimate of drug-likeness (QED) is 0.798. The van der Waals surface area contributed by atoms with Gasteiger partial charge in [-0.1, -0.05) is 6.08 Å². The van der Waals surface area contributed by atoms with E-state index in [2.05, 4.69) is 34.4 Å². The molecule has 1 N–H and O–H groups in total. The van der Waals surface area contributed by atoms with Gasteiger partial charge in [0.1, 0.15) is 0 Å². The first-order valence-electron chi connectivity index (χ1n) is 5.46. The van der Waals surface area contributed by atoms with E-state index in [1.807, 2.05) is 19.3 Å². The Balaban J connectivity index is 2.25. The van der Waals surface area contributed by atoms with Gasteiger partial charge in [-0.2, -0.15) is 0 Å². The maximum atomic E-state index is 4.46. The van der Waals surface area contributed by atoms with E-state index in [0.29, 0.717) is 6.04 Å². The van der Waals surface area contributed by atoms with Crippen molar-refractivity contribution in [2.24, 2.45) is 0 Å². The summed E-state index contributed by atoms with van der Waals surface area (Å²) in [6, 6.07) is 4.66. The summed E-state index contributed by atoms with van der Waals surface area (Å²) in [7, 11) is 1.99. The van der Waals surface area contributed by atoms with E-state index in [1.54, 1.807) is 11.3 Å². The fourth-order valence-electron chi connectivity index (χ4n) is 1.81. The van der Waals surface area contributed by atoms with E-state index in [0.717, 1.165) is 18.4 Å². The number of thiophene rings is 1. The molecule has 0 aliphatic heterocycles. The molecule has 84 valence electrons. The second-order valence-corrected chi connectivity index (χ2v) is 4.73. The minimum Gasteiger partial charge on any atom is -0.313 e. The summed E-state index contributed by atoms with van der Waals surface area (Å²) in [5, 5.41) is 5.41. The highest BCUT2D eigenvalue weighted by atomic mass is 32.1. The van der Waals surface area contributed by atoms with Crippen molar-refractivity contribution in [3.05, 3.63) is 41.9 Å². The van der Waals surface area contributed by atoms with Crippen LogP contribution in [0.25, 0.3) is 10.2 Å². The highest BCUT2D eigenvalue weighted by Gasteiger charge is 2.09. The van der Waals surface area contributed by atoms with Gasteiger partial charge in [0.2, 0.25) is 0 Å². The molecular weight excluding hydrogens is 216 g/mol. The predicted molar refractivity (Wildman–Crippen MR) is 70.9 cm³/mol. The predicted octanol–water partition coefficient (Wildman–Crippen LogP) is 3.52. The summed E-state index contributed by atoms with van der Waals surface area (Å²) in [6.45, 7) is 3.76. The van der Waals surface area contributed by atoms with Crippen molar-refractivity contribution in [1.82, 2.24) is 10.3 Å². The van der Waals surface area contributed by atoms with Gasteiger partial charge in [-0.05, 0) is 43.0 Å². The summed E-state index contributed by atoms with van der Waals surface area (Å²) in [4.78, 5) is 4.46. The van der Waals surface area contributed by atoms with Gasteiger partial charge in [-0.25, -0.2) is 0 Å². The molecule has 2 rings (SSSR count). The lowest BCUT2D eigenvalue weighted by Crippen LogP contribution is -2.16. The zero-order chi connectivity index (χ0) is 11.4. The standard InChI is InChI=1S/C13H16N2S/c1-3-4-5-11(14-2)10-8-13-12(15-9-10)6-7-16-13/h3,6-9,11,14H,1,4-5H2,2H3. The fraction of sp³-hybridized carbons (Fsp3) is 0.308. The third kappa shape index (κ3) is 2.31. The number of aromatic nitrogens is 1. The largest absolute Gasteiger partial charge is 0.313 e. The lowest BCUT2D eigenvalue weighted by Gasteiger charge is -2.15. The van der Waals surface area contributed by atoms with Crippen LogP contribution in [0.4, 0.5) is 0 Å². The molecule has 2 aromatic rings. The van der Waals surface area contributed by atoms with E-state index in [1.165, 1.54) is 10.3 Å². The number of fused-ring (bicyclic) bond motifs is 1. The monoisotopic (exact) mass is 232 g/mol. The first-order chi connectivity index (χ1) is 7.85. The van der Waals surface area contributed by atoms with Crippen LogP contribution >= 0.6 is 11.3 Å². The van der Waals surface area contributed by atoms with Gasteiger partial charge in [-0.15, -0.1) is 17.9 Å². The van der Waals surface area contributed by atoms with E-state index in [9.17, 15) is 0 Å². The Morgan fingerprint density at radius 3 is 3.25 bits per heavy atom. The number of nitrogens with one attached hydrogen (secondary N) is 1. The minimum absolute atomic E-state index is 0.372. The summed E-state index contributed by atoms with van der Waals surface area (Å²) in [5.74, 6) is 0. The van der Waals surface area contributed by atoms with Crippen LogP contribution in [0.1, 0.15) is 24.4 Å². The van der Waals surface area contributed by atoms with Crippen LogP contribution in [-0.2, 0) is 0 Å². The number of pyridine rings is 1. The zero-order valence-electron chi connectivity index (χ0n) is 9.44. The molecule has 0 amide bonds. The minimum atomic E-state index is 0.372. The smallest absolute Gasteiger partial charge is 0.0809 e. The SMILES string of the molecule is C=CCCC(NC)c1cnc2ccsc2c1. The molecule has 2 aromatic heterocycles. The van der Waals surface area contributed by atoms with Crippen molar-refractivity contribution in [2.45, 2.75) is 18.9 Å². The molecule has 1 atom stereocenters. The normalized spacial score (nSPS) is 12.8. The Bertz CT molecular complexity index is 475. The van der Waals surface area contributed by atoms with Crippen molar-refractivity contribution in [1.29, 1.82) is 0 Å². The lowest BCUT2D eigenvalue weighted by molar-refractivity contribution is 0.554. The van der Waals surface area contributed by atoms with Gasteiger partial charge < -0.3 is 5.32 Å². The summed E-state index contributed by atoms with van der Waals surface area (Å²) < 4.78 is 1.26. The van der Waals surface area contributed by atoms with Gasteiger partial charge in [0.05, 0.1) is 10.2 Å². The van der Waals surface area contributed by atoms with Crippen molar-refractivity contribution >= 4 is 21.6 Å². The molecule has 0 aromatic carbocycles. The van der Waals surface area contributed by atoms with Gasteiger partial charge in [0.15, 0.2) is 0 Å². The molecule has 0 saturated carbocycles. The van der Waals surface area contributed by atoms with Crippen LogP contribution < -0.4 is 5.32 Å². The third-order valence-corrected chi connectivity index (χ3v) is 3.59. The first-order valence-corrected chi connectivity index (χ1v) is 6.34. The summed E-state index contributed by atoms with van der Waals surface area (Å²) in [5.41, 5.74) is 2.35. The average Bonchev–Trinajstić information content (AvgIpc) is 2.77. The average molecular weight is 232 g/mol. The van der Waals surface area contributed by atoms with Crippen LogP contribution in [0.15, 0.2) is 36.4 Å². The molecule has 1 unspecified atom stereocenters. The van der Waals surface area contributed by atoms with Crippen molar-refractivity contribution in [3.63, 3.8) is 0 Å². The van der Waals surface area contributed by atoms with E-state index in [4.69, 9.17) is 0 Å². The van der Waals surface area contributed by atoms with Crippen molar-refractivity contribution in [3.8, 4) is 0 Å². The van der Waals surface area contributed by atoms with Gasteiger partial charge >= 0.3 is 0 Å². The van der Waals surface area contributed by atoms with Crippen molar-refractivity contribution in [2.75, 3.05) is 7.05 Å². The molecule has 0 spiro atoms. The number of rotatable bonds is 5. The highest BCUT2D eigenvalue weighted by molar-refractivity contribution is 7.17. The Kier molecular flexibility index (Phi) is 3.70. The fourth-order valence-corrected chi connectivity index (χ4v) is 2.60. The number of nitrogens with zero attached hydrogens (tertiary/aromatic N) is 1. The molecule has 0 saturated heterocycles. The molecule has 0 fully saturated rings. The molecule has 2 nitrogen and oxygen atoms in total. The molecule has 16 heavy (non-hydrogen) atoms.